The highest BCUT2D eigenvalue weighted by atomic mass is 15.2. The number of hydrogen-bond acceptors (Lipinski definition) is 2. The summed E-state index contributed by atoms with van der Waals surface area (Å²) in [5, 5.41) is 3.55. The highest BCUT2D eigenvalue weighted by Gasteiger charge is 2.29. The van der Waals surface area contributed by atoms with E-state index in [1.54, 1.807) is 0 Å². The molecule has 0 amide bonds. The van der Waals surface area contributed by atoms with E-state index in [9.17, 15) is 0 Å². The predicted molar refractivity (Wildman–Crippen MR) is 84.9 cm³/mol. The van der Waals surface area contributed by atoms with Crippen LogP contribution in [0.25, 0.3) is 0 Å². The minimum absolute atomic E-state index is 0.749. The van der Waals surface area contributed by atoms with Crippen molar-refractivity contribution in [3.63, 3.8) is 0 Å². The topological polar surface area (TPSA) is 15.3 Å². The highest BCUT2D eigenvalue weighted by molar-refractivity contribution is 5.22. The zero-order valence-electron chi connectivity index (χ0n) is 12.8. The first-order valence-corrected chi connectivity index (χ1v) is 8.35. The Labute approximate surface area is 123 Å². The average Bonchev–Trinajstić information content (AvgIpc) is 3.00. The maximum absolute atomic E-state index is 3.55. The summed E-state index contributed by atoms with van der Waals surface area (Å²) >= 11 is 0. The summed E-state index contributed by atoms with van der Waals surface area (Å²) in [6.07, 6.45) is 8.43. The van der Waals surface area contributed by atoms with Gasteiger partial charge < -0.3 is 5.32 Å². The maximum Gasteiger partial charge on any atom is 0.0240 e. The highest BCUT2D eigenvalue weighted by Crippen LogP contribution is 2.27. The van der Waals surface area contributed by atoms with Crippen molar-refractivity contribution in [2.45, 2.75) is 64.1 Å². The van der Waals surface area contributed by atoms with Crippen LogP contribution >= 0.6 is 0 Å². The fourth-order valence-electron chi connectivity index (χ4n) is 3.91. The second kappa shape index (κ2) is 6.73. The zero-order valence-corrected chi connectivity index (χ0v) is 12.8. The van der Waals surface area contributed by atoms with Crippen molar-refractivity contribution in [3.05, 3.63) is 35.4 Å². The molecule has 2 aliphatic rings. The van der Waals surface area contributed by atoms with Crippen LogP contribution in [0.5, 0.6) is 0 Å². The Morgan fingerprint density at radius 3 is 2.65 bits per heavy atom. The molecular weight excluding hydrogens is 244 g/mol. The average molecular weight is 272 g/mol. The summed E-state index contributed by atoms with van der Waals surface area (Å²) in [5.41, 5.74) is 2.87. The molecule has 2 fully saturated rings. The van der Waals surface area contributed by atoms with E-state index in [2.05, 4.69) is 41.4 Å². The van der Waals surface area contributed by atoms with Crippen LogP contribution in [0.1, 0.15) is 49.7 Å². The first-order valence-electron chi connectivity index (χ1n) is 8.35. The molecule has 0 bridgehead atoms. The fraction of sp³-hybridized carbons (Fsp3) is 0.667. The molecule has 1 saturated carbocycles. The molecule has 0 spiro atoms. The maximum atomic E-state index is 3.55. The van der Waals surface area contributed by atoms with Gasteiger partial charge in [0, 0.05) is 25.2 Å². The molecular formula is C18H28N2. The second-order valence-corrected chi connectivity index (χ2v) is 6.60. The van der Waals surface area contributed by atoms with Gasteiger partial charge in [0.15, 0.2) is 0 Å². The lowest BCUT2D eigenvalue weighted by Crippen LogP contribution is -2.44. The number of nitrogens with zero attached hydrogens (tertiary/aromatic N) is 1. The second-order valence-electron chi connectivity index (χ2n) is 6.60. The van der Waals surface area contributed by atoms with Crippen LogP contribution in [0.4, 0.5) is 0 Å². The molecule has 0 aromatic heterocycles. The molecule has 1 aromatic carbocycles. The van der Waals surface area contributed by atoms with Crippen LogP contribution in [-0.2, 0) is 6.54 Å². The third kappa shape index (κ3) is 3.42. The van der Waals surface area contributed by atoms with Gasteiger partial charge in [-0.05, 0) is 38.3 Å². The third-order valence-electron chi connectivity index (χ3n) is 4.99. The quantitative estimate of drug-likeness (QED) is 0.902. The number of hydrogen-bond donors (Lipinski definition) is 1. The van der Waals surface area contributed by atoms with Gasteiger partial charge in [0.25, 0.3) is 0 Å². The SMILES string of the molecule is Cc1cccc(CN(C2CCCCC2)[C@H]2CCNC2)c1. The van der Waals surface area contributed by atoms with Crippen molar-refractivity contribution in [1.29, 1.82) is 0 Å². The van der Waals surface area contributed by atoms with E-state index in [0.29, 0.717) is 0 Å². The van der Waals surface area contributed by atoms with Crippen LogP contribution in [0.2, 0.25) is 0 Å². The summed E-state index contributed by atoms with van der Waals surface area (Å²) in [6, 6.07) is 10.6. The van der Waals surface area contributed by atoms with Gasteiger partial charge in [-0.1, -0.05) is 49.1 Å². The summed E-state index contributed by atoms with van der Waals surface area (Å²) in [7, 11) is 0. The molecule has 2 nitrogen and oxygen atoms in total. The summed E-state index contributed by atoms with van der Waals surface area (Å²) < 4.78 is 0. The van der Waals surface area contributed by atoms with E-state index in [-0.39, 0.29) is 0 Å². The van der Waals surface area contributed by atoms with E-state index in [1.807, 2.05) is 0 Å². The minimum atomic E-state index is 0.749. The zero-order chi connectivity index (χ0) is 13.8. The molecule has 1 saturated heterocycles. The Balaban J connectivity index is 1.73. The van der Waals surface area contributed by atoms with Gasteiger partial charge in [-0.3, -0.25) is 4.90 Å². The fourth-order valence-corrected chi connectivity index (χ4v) is 3.91. The van der Waals surface area contributed by atoms with Crippen LogP contribution in [0.15, 0.2) is 24.3 Å². The van der Waals surface area contributed by atoms with E-state index in [0.717, 1.165) is 18.6 Å². The summed E-state index contributed by atoms with van der Waals surface area (Å²) in [4.78, 5) is 2.81. The van der Waals surface area contributed by atoms with E-state index in [4.69, 9.17) is 0 Å². The van der Waals surface area contributed by atoms with E-state index >= 15 is 0 Å². The van der Waals surface area contributed by atoms with Gasteiger partial charge in [0.1, 0.15) is 0 Å². The number of aryl methyl sites for hydroxylation is 1. The van der Waals surface area contributed by atoms with Gasteiger partial charge in [-0.15, -0.1) is 0 Å². The summed E-state index contributed by atoms with van der Waals surface area (Å²) in [5.74, 6) is 0. The van der Waals surface area contributed by atoms with Gasteiger partial charge in [0.05, 0.1) is 0 Å². The Kier molecular flexibility index (Phi) is 4.74. The molecule has 1 aliphatic carbocycles. The first-order chi connectivity index (χ1) is 9.83. The molecule has 1 aliphatic heterocycles. The monoisotopic (exact) mass is 272 g/mol. The minimum Gasteiger partial charge on any atom is -0.315 e. The van der Waals surface area contributed by atoms with Gasteiger partial charge in [-0.2, -0.15) is 0 Å². The molecule has 0 unspecified atom stereocenters. The Bertz CT molecular complexity index is 417. The van der Waals surface area contributed by atoms with Gasteiger partial charge in [0.2, 0.25) is 0 Å². The molecule has 1 N–H and O–H groups in total. The Morgan fingerprint density at radius 1 is 1.10 bits per heavy atom. The van der Waals surface area contributed by atoms with Gasteiger partial charge >= 0.3 is 0 Å². The lowest BCUT2D eigenvalue weighted by Gasteiger charge is -2.38. The lowest BCUT2D eigenvalue weighted by molar-refractivity contribution is 0.104. The molecule has 3 rings (SSSR count). The van der Waals surface area contributed by atoms with Crippen LogP contribution in [-0.4, -0.2) is 30.1 Å². The molecule has 1 heterocycles. The first kappa shape index (κ1) is 14.1. The standard InChI is InChI=1S/C18H28N2/c1-15-6-5-7-16(12-15)14-20(18-10-11-19-13-18)17-8-3-2-4-9-17/h5-7,12,17-19H,2-4,8-11,13-14H2,1H3/t18-/m0/s1. The smallest absolute Gasteiger partial charge is 0.0240 e. The third-order valence-corrected chi connectivity index (χ3v) is 4.99. The number of benzene rings is 1. The van der Waals surface area contributed by atoms with Crippen molar-refractivity contribution < 1.29 is 0 Å². The van der Waals surface area contributed by atoms with Crippen LogP contribution < -0.4 is 5.32 Å². The molecule has 0 radical (unpaired) electrons. The number of rotatable bonds is 4. The molecule has 1 aromatic rings. The van der Waals surface area contributed by atoms with Gasteiger partial charge in [-0.25, -0.2) is 0 Å². The van der Waals surface area contributed by atoms with Crippen molar-refractivity contribution in [2.75, 3.05) is 13.1 Å². The Hall–Kier alpha value is -0.860. The number of nitrogens with one attached hydrogen (secondary N) is 1. The molecule has 2 heteroatoms. The van der Waals surface area contributed by atoms with E-state index < -0.39 is 0 Å². The van der Waals surface area contributed by atoms with Crippen molar-refractivity contribution in [1.82, 2.24) is 10.2 Å². The van der Waals surface area contributed by atoms with E-state index in [1.165, 1.54) is 62.7 Å². The lowest BCUT2D eigenvalue weighted by atomic mass is 9.92. The molecule has 1 atom stereocenters. The normalized spacial score (nSPS) is 24.4. The van der Waals surface area contributed by atoms with Crippen LogP contribution in [0, 0.1) is 6.92 Å². The van der Waals surface area contributed by atoms with Crippen LogP contribution in [0.3, 0.4) is 0 Å². The van der Waals surface area contributed by atoms with Crippen molar-refractivity contribution in [2.24, 2.45) is 0 Å². The van der Waals surface area contributed by atoms with Crippen molar-refractivity contribution in [3.8, 4) is 0 Å². The largest absolute Gasteiger partial charge is 0.315 e. The summed E-state index contributed by atoms with van der Waals surface area (Å²) in [6.45, 7) is 5.72. The molecule has 20 heavy (non-hydrogen) atoms. The molecule has 110 valence electrons. The predicted octanol–water partition coefficient (Wildman–Crippen LogP) is 3.49. The van der Waals surface area contributed by atoms with Crippen molar-refractivity contribution >= 4 is 0 Å². The Morgan fingerprint density at radius 2 is 1.95 bits per heavy atom.